The van der Waals surface area contributed by atoms with Gasteiger partial charge in [-0.2, -0.15) is 0 Å². The third kappa shape index (κ3) is 4.46. The summed E-state index contributed by atoms with van der Waals surface area (Å²) in [5, 5.41) is 0. The first-order valence-corrected chi connectivity index (χ1v) is 4.81. The smallest absolute Gasteiger partial charge is 0.341 e. The highest BCUT2D eigenvalue weighted by Gasteiger charge is 2.16. The van der Waals surface area contributed by atoms with E-state index in [-0.39, 0.29) is 37.3 Å². The molecule has 0 saturated heterocycles. The summed E-state index contributed by atoms with van der Waals surface area (Å²) in [6.07, 6.45) is 0. The summed E-state index contributed by atoms with van der Waals surface area (Å²) in [4.78, 5) is 19.8. The molecule has 0 aliphatic heterocycles. The standard InChI is InChI=1S/C10H15N3O2.2ClH/c1-4-15-10(14)9-6(2)12-8(5-11)13-7(9)3;;/h4-5,11H2,1-3H3;2*1H. The molecule has 2 N–H and O–H groups in total. The quantitative estimate of drug-likeness (QED) is 0.851. The lowest BCUT2D eigenvalue weighted by molar-refractivity contribution is 0.0523. The van der Waals surface area contributed by atoms with E-state index >= 15 is 0 Å². The highest BCUT2D eigenvalue weighted by atomic mass is 35.5. The van der Waals surface area contributed by atoms with E-state index in [1.54, 1.807) is 20.8 Å². The van der Waals surface area contributed by atoms with Gasteiger partial charge in [-0.1, -0.05) is 0 Å². The molecule has 0 aliphatic carbocycles. The number of nitrogens with two attached hydrogens (primary N) is 1. The maximum atomic E-state index is 11.6. The number of nitrogens with zero attached hydrogens (tertiary/aromatic N) is 2. The molecule has 0 radical (unpaired) electrons. The number of rotatable bonds is 3. The van der Waals surface area contributed by atoms with E-state index in [9.17, 15) is 4.79 Å². The predicted molar refractivity (Wildman–Crippen MR) is 69.8 cm³/mol. The van der Waals surface area contributed by atoms with E-state index in [0.717, 1.165) is 0 Å². The Kier molecular flexibility index (Phi) is 8.92. The van der Waals surface area contributed by atoms with Crippen molar-refractivity contribution in [2.75, 3.05) is 6.61 Å². The van der Waals surface area contributed by atoms with Crippen LogP contribution in [0.1, 0.15) is 34.5 Å². The van der Waals surface area contributed by atoms with Crippen LogP contribution in [-0.4, -0.2) is 22.5 Å². The molecule has 1 aromatic rings. The number of esters is 1. The van der Waals surface area contributed by atoms with E-state index in [0.29, 0.717) is 29.4 Å². The van der Waals surface area contributed by atoms with Crippen molar-refractivity contribution in [3.8, 4) is 0 Å². The number of halogens is 2. The lowest BCUT2D eigenvalue weighted by Gasteiger charge is -2.08. The molecule has 0 amide bonds. The van der Waals surface area contributed by atoms with Crippen LogP contribution >= 0.6 is 24.8 Å². The van der Waals surface area contributed by atoms with Crippen molar-refractivity contribution >= 4 is 30.8 Å². The molecular weight excluding hydrogens is 265 g/mol. The maximum Gasteiger partial charge on any atom is 0.341 e. The fourth-order valence-corrected chi connectivity index (χ4v) is 1.38. The summed E-state index contributed by atoms with van der Waals surface area (Å²) in [6.45, 7) is 5.87. The number of aromatic nitrogens is 2. The van der Waals surface area contributed by atoms with Crippen LogP contribution in [0.5, 0.6) is 0 Å². The van der Waals surface area contributed by atoms with Gasteiger partial charge >= 0.3 is 5.97 Å². The van der Waals surface area contributed by atoms with Crippen LogP contribution in [0.25, 0.3) is 0 Å². The molecule has 0 bridgehead atoms. The second kappa shape index (κ2) is 8.22. The minimum absolute atomic E-state index is 0. The Morgan fingerprint density at radius 1 is 1.24 bits per heavy atom. The molecule has 5 nitrogen and oxygen atoms in total. The molecule has 0 unspecified atom stereocenters. The van der Waals surface area contributed by atoms with Crippen LogP contribution in [0.4, 0.5) is 0 Å². The van der Waals surface area contributed by atoms with Gasteiger partial charge in [-0.3, -0.25) is 0 Å². The molecule has 0 fully saturated rings. The van der Waals surface area contributed by atoms with Gasteiger partial charge in [-0.05, 0) is 20.8 Å². The van der Waals surface area contributed by atoms with E-state index in [1.807, 2.05) is 0 Å². The number of carbonyl (C=O) groups excluding carboxylic acids is 1. The Hall–Kier alpha value is -0.910. The monoisotopic (exact) mass is 281 g/mol. The lowest BCUT2D eigenvalue weighted by Crippen LogP contribution is -2.14. The van der Waals surface area contributed by atoms with Crippen molar-refractivity contribution in [1.29, 1.82) is 0 Å². The lowest BCUT2D eigenvalue weighted by atomic mass is 10.2. The third-order valence-corrected chi connectivity index (χ3v) is 1.98. The van der Waals surface area contributed by atoms with Gasteiger partial charge in [0.1, 0.15) is 11.4 Å². The summed E-state index contributed by atoms with van der Waals surface area (Å²) < 4.78 is 4.91. The average Bonchev–Trinajstić information content (AvgIpc) is 2.16. The highest BCUT2D eigenvalue weighted by molar-refractivity contribution is 5.91. The normalized spacial score (nSPS) is 8.94. The Morgan fingerprint density at radius 3 is 2.06 bits per heavy atom. The highest BCUT2D eigenvalue weighted by Crippen LogP contribution is 2.11. The Labute approximate surface area is 113 Å². The molecule has 98 valence electrons. The van der Waals surface area contributed by atoms with Crippen molar-refractivity contribution in [3.63, 3.8) is 0 Å². The molecule has 7 heteroatoms. The first-order chi connectivity index (χ1) is 7.10. The largest absolute Gasteiger partial charge is 0.462 e. The fraction of sp³-hybridized carbons (Fsp3) is 0.500. The van der Waals surface area contributed by atoms with Gasteiger partial charge in [0.2, 0.25) is 0 Å². The maximum absolute atomic E-state index is 11.6. The molecule has 1 heterocycles. The SMILES string of the molecule is CCOC(=O)c1c(C)nc(CN)nc1C.Cl.Cl. The van der Waals surface area contributed by atoms with Crippen molar-refractivity contribution in [2.45, 2.75) is 27.3 Å². The van der Waals surface area contributed by atoms with Gasteiger partial charge in [0.05, 0.1) is 24.5 Å². The van der Waals surface area contributed by atoms with Crippen molar-refractivity contribution in [3.05, 3.63) is 22.8 Å². The van der Waals surface area contributed by atoms with Crippen LogP contribution in [-0.2, 0) is 11.3 Å². The first-order valence-electron chi connectivity index (χ1n) is 4.81. The molecule has 17 heavy (non-hydrogen) atoms. The number of aryl methyl sites for hydroxylation is 2. The third-order valence-electron chi connectivity index (χ3n) is 1.98. The zero-order chi connectivity index (χ0) is 11.4. The summed E-state index contributed by atoms with van der Waals surface area (Å²) in [5.41, 5.74) is 7.10. The molecule has 0 saturated carbocycles. The molecular formula is C10H17Cl2N3O2. The molecule has 0 spiro atoms. The Bertz CT molecular complexity index is 363. The van der Waals surface area contributed by atoms with Crippen LogP contribution in [0.15, 0.2) is 0 Å². The number of carbonyl (C=O) groups is 1. The second-order valence-electron chi connectivity index (χ2n) is 3.11. The van der Waals surface area contributed by atoms with Gasteiger partial charge in [0.15, 0.2) is 0 Å². The second-order valence-corrected chi connectivity index (χ2v) is 3.11. The first kappa shape index (κ1) is 18.5. The minimum Gasteiger partial charge on any atom is -0.462 e. The van der Waals surface area contributed by atoms with Gasteiger partial charge in [-0.15, -0.1) is 24.8 Å². The number of ether oxygens (including phenoxy) is 1. The average molecular weight is 282 g/mol. The Balaban J connectivity index is 0. The zero-order valence-corrected chi connectivity index (χ0v) is 11.7. The molecule has 0 aromatic carbocycles. The van der Waals surface area contributed by atoms with Crippen LogP contribution in [0, 0.1) is 13.8 Å². The van der Waals surface area contributed by atoms with Crippen molar-refractivity contribution in [1.82, 2.24) is 9.97 Å². The van der Waals surface area contributed by atoms with E-state index < -0.39 is 0 Å². The summed E-state index contributed by atoms with van der Waals surface area (Å²) in [7, 11) is 0. The number of hydrogen-bond acceptors (Lipinski definition) is 5. The van der Waals surface area contributed by atoms with Gasteiger partial charge in [0, 0.05) is 0 Å². The molecule has 1 rings (SSSR count). The van der Waals surface area contributed by atoms with Gasteiger partial charge < -0.3 is 10.5 Å². The van der Waals surface area contributed by atoms with E-state index in [2.05, 4.69) is 9.97 Å². The fourth-order valence-electron chi connectivity index (χ4n) is 1.38. The Morgan fingerprint density at radius 2 is 1.71 bits per heavy atom. The van der Waals surface area contributed by atoms with Crippen LogP contribution < -0.4 is 5.73 Å². The summed E-state index contributed by atoms with van der Waals surface area (Å²) >= 11 is 0. The molecule has 0 aliphatic rings. The molecule has 1 aromatic heterocycles. The van der Waals surface area contributed by atoms with Crippen molar-refractivity contribution in [2.24, 2.45) is 5.73 Å². The van der Waals surface area contributed by atoms with Gasteiger partial charge in [0.25, 0.3) is 0 Å². The van der Waals surface area contributed by atoms with Crippen LogP contribution in [0.2, 0.25) is 0 Å². The summed E-state index contributed by atoms with van der Waals surface area (Å²) in [5.74, 6) is 0.161. The topological polar surface area (TPSA) is 78.1 Å². The predicted octanol–water partition coefficient (Wildman–Crippen LogP) is 1.57. The molecule has 0 atom stereocenters. The zero-order valence-electron chi connectivity index (χ0n) is 10.0. The summed E-state index contributed by atoms with van der Waals surface area (Å²) in [6, 6.07) is 0. The number of hydrogen-bond donors (Lipinski definition) is 1. The van der Waals surface area contributed by atoms with Crippen molar-refractivity contribution < 1.29 is 9.53 Å². The van der Waals surface area contributed by atoms with Gasteiger partial charge in [-0.25, -0.2) is 14.8 Å². The minimum atomic E-state index is -0.379. The van der Waals surface area contributed by atoms with E-state index in [4.69, 9.17) is 10.5 Å². The van der Waals surface area contributed by atoms with Crippen LogP contribution in [0.3, 0.4) is 0 Å². The van der Waals surface area contributed by atoms with E-state index in [1.165, 1.54) is 0 Å².